The first kappa shape index (κ1) is 16.1. The van der Waals surface area contributed by atoms with Crippen LogP contribution in [0.15, 0.2) is 42.5 Å². The molecule has 0 amide bonds. The van der Waals surface area contributed by atoms with Crippen molar-refractivity contribution < 1.29 is 23.1 Å². The summed E-state index contributed by atoms with van der Waals surface area (Å²) < 4.78 is 40.1. The lowest BCUT2D eigenvalue weighted by molar-refractivity contribution is -0.137. The van der Waals surface area contributed by atoms with Gasteiger partial charge in [0, 0.05) is 18.1 Å². The molecule has 0 radical (unpaired) electrons. The van der Waals surface area contributed by atoms with Crippen molar-refractivity contribution in [1.82, 2.24) is 19.6 Å². The predicted molar refractivity (Wildman–Crippen MR) is 87.3 cm³/mol. The summed E-state index contributed by atoms with van der Waals surface area (Å²) in [6.07, 6.45) is -4.42. The second-order valence-corrected chi connectivity index (χ2v) is 5.78. The van der Waals surface area contributed by atoms with E-state index in [0.29, 0.717) is 27.8 Å². The van der Waals surface area contributed by atoms with Crippen molar-refractivity contribution in [2.45, 2.75) is 6.18 Å². The van der Waals surface area contributed by atoms with Crippen LogP contribution in [0.3, 0.4) is 0 Å². The van der Waals surface area contributed by atoms with Gasteiger partial charge in [-0.05, 0) is 42.5 Å². The van der Waals surface area contributed by atoms with E-state index < -0.39 is 17.7 Å². The first-order valence-corrected chi connectivity index (χ1v) is 7.52. The molecule has 0 spiro atoms. The smallest absolute Gasteiger partial charge is 0.416 e. The summed E-state index contributed by atoms with van der Waals surface area (Å²) in [5, 5.41) is 18.3. The van der Waals surface area contributed by atoms with Gasteiger partial charge in [-0.3, -0.25) is 4.57 Å². The maximum absolute atomic E-state index is 12.8. The van der Waals surface area contributed by atoms with Gasteiger partial charge in [-0.15, -0.1) is 5.10 Å². The molecule has 0 aliphatic carbocycles. The minimum atomic E-state index is -4.42. The molecule has 0 saturated heterocycles. The average molecular weight is 360 g/mol. The van der Waals surface area contributed by atoms with E-state index in [4.69, 9.17) is 0 Å². The number of aromatic nitrogens is 4. The Morgan fingerprint density at radius 3 is 2.38 bits per heavy atom. The van der Waals surface area contributed by atoms with Crippen LogP contribution < -0.4 is 0 Å². The number of aryl methyl sites for hydroxylation is 1. The highest BCUT2D eigenvalue weighted by Crippen LogP contribution is 2.33. The highest BCUT2D eigenvalue weighted by atomic mass is 19.4. The molecule has 1 N–H and O–H groups in total. The molecule has 4 rings (SSSR count). The van der Waals surface area contributed by atoms with Gasteiger partial charge in [0.2, 0.25) is 0 Å². The van der Waals surface area contributed by atoms with Gasteiger partial charge >= 0.3 is 12.1 Å². The van der Waals surface area contributed by atoms with Gasteiger partial charge in [0.05, 0.1) is 16.6 Å². The van der Waals surface area contributed by atoms with Gasteiger partial charge in [-0.2, -0.15) is 23.1 Å². The number of rotatable bonds is 2. The summed E-state index contributed by atoms with van der Waals surface area (Å²) in [6.45, 7) is 0. The second kappa shape index (κ2) is 5.32. The number of hydrogen-bond acceptors (Lipinski definition) is 3. The number of carbonyl (C=O) groups is 1. The van der Waals surface area contributed by atoms with Gasteiger partial charge in [0.15, 0.2) is 5.65 Å². The zero-order chi connectivity index (χ0) is 18.6. The minimum Gasteiger partial charge on any atom is -0.478 e. The summed E-state index contributed by atoms with van der Waals surface area (Å²) >= 11 is 0. The minimum absolute atomic E-state index is 0.0922. The molecule has 0 aliphatic heterocycles. The molecule has 2 aromatic carbocycles. The van der Waals surface area contributed by atoms with Crippen LogP contribution in [0.1, 0.15) is 15.9 Å². The lowest BCUT2D eigenvalue weighted by atomic mass is 10.1. The Kier molecular flexibility index (Phi) is 3.30. The Bertz CT molecular complexity index is 1160. The van der Waals surface area contributed by atoms with Crippen LogP contribution >= 0.6 is 0 Å². The van der Waals surface area contributed by atoms with Gasteiger partial charge in [-0.1, -0.05) is 0 Å². The van der Waals surface area contributed by atoms with Crippen molar-refractivity contribution in [1.29, 1.82) is 0 Å². The van der Waals surface area contributed by atoms with Crippen LogP contribution in [-0.2, 0) is 13.2 Å². The maximum atomic E-state index is 12.8. The SMILES string of the molecule is Cn1nc2c3cc(C(=O)O)ccc3n(-c3ccc(C(F)(F)F)cc3)c2n1. The molecule has 0 atom stereocenters. The topological polar surface area (TPSA) is 72.9 Å². The Balaban J connectivity index is 2.00. The molecular weight excluding hydrogens is 349 g/mol. The fourth-order valence-electron chi connectivity index (χ4n) is 2.95. The van der Waals surface area contributed by atoms with E-state index in [-0.39, 0.29) is 5.56 Å². The third-order valence-electron chi connectivity index (χ3n) is 4.10. The first-order valence-electron chi connectivity index (χ1n) is 7.52. The predicted octanol–water partition coefficient (Wildman–Crippen LogP) is 3.63. The first-order chi connectivity index (χ1) is 12.3. The number of alkyl halides is 3. The highest BCUT2D eigenvalue weighted by molar-refractivity contribution is 6.08. The standard InChI is InChI=1S/C17H11F3N4O2/c1-23-21-14-12-8-9(16(25)26)2-7-13(12)24(15(14)22-23)11-5-3-10(4-6-11)17(18,19)20/h2-8H,1H3,(H,25,26). The quantitative estimate of drug-likeness (QED) is 0.592. The van der Waals surface area contributed by atoms with Crippen molar-refractivity contribution in [3.63, 3.8) is 0 Å². The van der Waals surface area contributed by atoms with Crippen molar-refractivity contribution in [2.24, 2.45) is 7.05 Å². The second-order valence-electron chi connectivity index (χ2n) is 5.78. The van der Waals surface area contributed by atoms with E-state index in [9.17, 15) is 23.1 Å². The van der Waals surface area contributed by atoms with E-state index in [1.165, 1.54) is 29.1 Å². The summed E-state index contributed by atoms with van der Waals surface area (Å²) in [5.74, 6) is -1.08. The molecule has 0 fully saturated rings. The number of carboxylic acids is 1. The van der Waals surface area contributed by atoms with Crippen LogP contribution in [0.4, 0.5) is 13.2 Å². The van der Waals surface area contributed by atoms with Gasteiger partial charge in [0.1, 0.15) is 5.52 Å². The van der Waals surface area contributed by atoms with Crippen molar-refractivity contribution >= 4 is 28.0 Å². The molecular formula is C17H11F3N4O2. The van der Waals surface area contributed by atoms with Crippen molar-refractivity contribution in [3.05, 3.63) is 53.6 Å². The average Bonchev–Trinajstić information content (AvgIpc) is 3.08. The molecule has 4 aromatic rings. The maximum Gasteiger partial charge on any atom is 0.416 e. The highest BCUT2D eigenvalue weighted by Gasteiger charge is 2.30. The van der Waals surface area contributed by atoms with Gasteiger partial charge in [0.25, 0.3) is 0 Å². The number of nitrogens with zero attached hydrogens (tertiary/aromatic N) is 4. The van der Waals surface area contributed by atoms with E-state index in [1.54, 1.807) is 17.7 Å². The van der Waals surface area contributed by atoms with Crippen LogP contribution in [0, 0.1) is 0 Å². The van der Waals surface area contributed by atoms with Crippen LogP contribution in [0.5, 0.6) is 0 Å². The largest absolute Gasteiger partial charge is 0.478 e. The Morgan fingerprint density at radius 2 is 1.77 bits per heavy atom. The Labute approximate surface area is 144 Å². The van der Waals surface area contributed by atoms with Gasteiger partial charge in [-0.25, -0.2) is 4.79 Å². The zero-order valence-corrected chi connectivity index (χ0v) is 13.3. The molecule has 2 aromatic heterocycles. The fraction of sp³-hybridized carbons (Fsp3) is 0.118. The molecule has 0 saturated carbocycles. The summed E-state index contributed by atoms with van der Waals surface area (Å²) in [6, 6.07) is 9.20. The lowest BCUT2D eigenvalue weighted by Crippen LogP contribution is -2.05. The monoisotopic (exact) mass is 360 g/mol. The molecule has 9 heteroatoms. The summed E-state index contributed by atoms with van der Waals surface area (Å²) in [4.78, 5) is 12.6. The van der Waals surface area contributed by atoms with Gasteiger partial charge < -0.3 is 5.11 Å². The molecule has 0 aliphatic rings. The van der Waals surface area contributed by atoms with Crippen LogP contribution in [-0.4, -0.2) is 30.6 Å². The van der Waals surface area contributed by atoms with Crippen LogP contribution in [0.2, 0.25) is 0 Å². The van der Waals surface area contributed by atoms with E-state index >= 15 is 0 Å². The summed E-state index contributed by atoms with van der Waals surface area (Å²) in [7, 11) is 1.62. The molecule has 132 valence electrons. The Hall–Kier alpha value is -3.36. The number of carboxylic acid groups (broad SMARTS) is 1. The number of halogens is 3. The molecule has 26 heavy (non-hydrogen) atoms. The third-order valence-corrected chi connectivity index (χ3v) is 4.10. The van der Waals surface area contributed by atoms with E-state index in [0.717, 1.165) is 12.1 Å². The van der Waals surface area contributed by atoms with Crippen molar-refractivity contribution in [2.75, 3.05) is 0 Å². The number of hydrogen-bond donors (Lipinski definition) is 1. The summed E-state index contributed by atoms with van der Waals surface area (Å²) in [5.41, 5.74) is 1.34. The number of fused-ring (bicyclic) bond motifs is 3. The molecule has 6 nitrogen and oxygen atoms in total. The number of aromatic carboxylic acids is 1. The molecule has 2 heterocycles. The lowest BCUT2D eigenvalue weighted by Gasteiger charge is -2.10. The van der Waals surface area contributed by atoms with Crippen LogP contribution in [0.25, 0.3) is 27.8 Å². The Morgan fingerprint density at radius 1 is 1.08 bits per heavy atom. The zero-order valence-electron chi connectivity index (χ0n) is 13.3. The van der Waals surface area contributed by atoms with Crippen molar-refractivity contribution in [3.8, 4) is 5.69 Å². The normalized spacial score (nSPS) is 12.2. The van der Waals surface area contributed by atoms with E-state index in [1.807, 2.05) is 0 Å². The number of benzene rings is 2. The molecule has 0 bridgehead atoms. The van der Waals surface area contributed by atoms with E-state index in [2.05, 4.69) is 10.2 Å². The molecule has 0 unspecified atom stereocenters. The fourth-order valence-corrected chi connectivity index (χ4v) is 2.95. The third kappa shape index (κ3) is 2.40.